The van der Waals surface area contributed by atoms with Gasteiger partial charge in [0, 0.05) is 36.8 Å². The Labute approximate surface area is 145 Å². The Bertz CT molecular complexity index is 796. The molecule has 7 heteroatoms. The van der Waals surface area contributed by atoms with Crippen molar-refractivity contribution in [2.45, 2.75) is 26.8 Å². The zero-order chi connectivity index (χ0) is 17.3. The van der Waals surface area contributed by atoms with Gasteiger partial charge in [0.05, 0.1) is 11.1 Å². The summed E-state index contributed by atoms with van der Waals surface area (Å²) in [4.78, 5) is 25.2. The van der Waals surface area contributed by atoms with Crippen molar-refractivity contribution in [2.75, 3.05) is 24.5 Å². The highest BCUT2D eigenvalue weighted by Gasteiger charge is 2.30. The minimum Gasteiger partial charge on any atom is -0.352 e. The third-order valence-electron chi connectivity index (χ3n) is 4.28. The lowest BCUT2D eigenvalue weighted by atomic mass is 10.1. The van der Waals surface area contributed by atoms with Gasteiger partial charge in [-0.05, 0) is 32.4 Å². The second kappa shape index (κ2) is 6.57. The quantitative estimate of drug-likeness (QED) is 0.838. The average molecular weight is 341 g/mol. The molecule has 0 spiro atoms. The first-order chi connectivity index (χ1) is 11.5. The van der Waals surface area contributed by atoms with E-state index in [9.17, 15) is 10.1 Å². The maximum Gasteiger partial charge on any atom is 0.273 e. The molecule has 1 aliphatic rings. The van der Waals surface area contributed by atoms with Crippen LogP contribution in [-0.2, 0) is 0 Å². The van der Waals surface area contributed by atoms with Gasteiger partial charge in [-0.1, -0.05) is 0 Å². The normalized spacial score (nSPS) is 17.7. The number of hydrogen-bond donors (Lipinski definition) is 0. The third-order valence-corrected chi connectivity index (χ3v) is 4.86. The van der Waals surface area contributed by atoms with Crippen LogP contribution in [0.2, 0.25) is 0 Å². The Morgan fingerprint density at radius 2 is 2.21 bits per heavy atom. The standard InChI is InChI=1S/C17H19N5OS/c1-11-6-12(2)20-16(14(11)7-18)21-4-5-22(13(3)8-21)17(23)15-9-24-10-19-15/h6,9-10,13H,4-5,8H2,1-3H3/t13-/m0/s1. The number of aryl methyl sites for hydroxylation is 2. The van der Waals surface area contributed by atoms with Crippen LogP contribution in [0.15, 0.2) is 17.0 Å². The summed E-state index contributed by atoms with van der Waals surface area (Å²) in [6, 6.07) is 4.22. The lowest BCUT2D eigenvalue weighted by molar-refractivity contribution is 0.0668. The van der Waals surface area contributed by atoms with Crippen LogP contribution in [0.4, 0.5) is 5.82 Å². The van der Waals surface area contributed by atoms with E-state index >= 15 is 0 Å². The molecule has 24 heavy (non-hydrogen) atoms. The van der Waals surface area contributed by atoms with E-state index < -0.39 is 0 Å². The lowest BCUT2D eigenvalue weighted by Gasteiger charge is -2.40. The first-order valence-corrected chi connectivity index (χ1v) is 8.78. The summed E-state index contributed by atoms with van der Waals surface area (Å²) in [6.45, 7) is 7.79. The summed E-state index contributed by atoms with van der Waals surface area (Å²) in [7, 11) is 0. The van der Waals surface area contributed by atoms with Gasteiger partial charge in [-0.2, -0.15) is 5.26 Å². The van der Waals surface area contributed by atoms with E-state index in [4.69, 9.17) is 0 Å². The molecule has 2 aromatic heterocycles. The Hall–Kier alpha value is -2.46. The van der Waals surface area contributed by atoms with Gasteiger partial charge in [0.1, 0.15) is 17.6 Å². The average Bonchev–Trinajstić information content (AvgIpc) is 3.08. The van der Waals surface area contributed by atoms with Crippen LogP contribution in [0.25, 0.3) is 0 Å². The van der Waals surface area contributed by atoms with Crippen molar-refractivity contribution in [3.63, 3.8) is 0 Å². The van der Waals surface area contributed by atoms with Gasteiger partial charge in [0.25, 0.3) is 5.91 Å². The van der Waals surface area contributed by atoms with E-state index in [1.165, 1.54) is 11.3 Å². The number of nitriles is 1. The first-order valence-electron chi connectivity index (χ1n) is 7.83. The van der Waals surface area contributed by atoms with Gasteiger partial charge in [-0.25, -0.2) is 9.97 Å². The Kier molecular flexibility index (Phi) is 4.49. The molecule has 1 saturated heterocycles. The van der Waals surface area contributed by atoms with E-state index in [0.717, 1.165) is 17.1 Å². The van der Waals surface area contributed by atoms with Crippen molar-refractivity contribution in [3.8, 4) is 6.07 Å². The van der Waals surface area contributed by atoms with Crippen molar-refractivity contribution >= 4 is 23.1 Å². The predicted molar refractivity (Wildman–Crippen MR) is 93.3 cm³/mol. The smallest absolute Gasteiger partial charge is 0.273 e. The summed E-state index contributed by atoms with van der Waals surface area (Å²) >= 11 is 1.42. The van der Waals surface area contributed by atoms with Crippen molar-refractivity contribution in [2.24, 2.45) is 0 Å². The number of hydrogen-bond acceptors (Lipinski definition) is 6. The molecule has 1 amide bonds. The summed E-state index contributed by atoms with van der Waals surface area (Å²) in [5.74, 6) is 0.694. The minimum atomic E-state index is -0.0303. The second-order valence-corrected chi connectivity index (χ2v) is 6.78. The predicted octanol–water partition coefficient (Wildman–Crippen LogP) is 2.38. The third kappa shape index (κ3) is 2.97. The van der Waals surface area contributed by atoms with Gasteiger partial charge in [0.2, 0.25) is 0 Å². The van der Waals surface area contributed by atoms with Gasteiger partial charge in [-0.15, -0.1) is 11.3 Å². The van der Waals surface area contributed by atoms with E-state index in [1.807, 2.05) is 31.7 Å². The monoisotopic (exact) mass is 341 g/mol. The number of amides is 1. The molecule has 0 N–H and O–H groups in total. The van der Waals surface area contributed by atoms with E-state index in [0.29, 0.717) is 30.9 Å². The van der Waals surface area contributed by atoms with Gasteiger partial charge in [-0.3, -0.25) is 4.79 Å². The number of pyridine rings is 1. The van der Waals surface area contributed by atoms with Crippen LogP contribution >= 0.6 is 11.3 Å². The molecule has 2 aromatic rings. The number of anilines is 1. The van der Waals surface area contributed by atoms with Crippen LogP contribution in [0.3, 0.4) is 0 Å². The number of carbonyl (C=O) groups excluding carboxylic acids is 1. The molecule has 0 bridgehead atoms. The van der Waals surface area contributed by atoms with Crippen molar-refractivity contribution in [1.82, 2.24) is 14.9 Å². The van der Waals surface area contributed by atoms with Gasteiger partial charge < -0.3 is 9.80 Å². The van der Waals surface area contributed by atoms with E-state index in [1.54, 1.807) is 10.9 Å². The largest absolute Gasteiger partial charge is 0.352 e. The molecule has 0 saturated carbocycles. The summed E-state index contributed by atoms with van der Waals surface area (Å²) in [5.41, 5.74) is 4.63. The number of nitrogens with zero attached hydrogens (tertiary/aromatic N) is 5. The van der Waals surface area contributed by atoms with E-state index in [-0.39, 0.29) is 11.9 Å². The molecule has 0 aromatic carbocycles. The molecule has 3 rings (SSSR count). The fourth-order valence-corrected chi connectivity index (χ4v) is 3.63. The highest BCUT2D eigenvalue weighted by Crippen LogP contribution is 2.25. The number of piperazine rings is 1. The zero-order valence-electron chi connectivity index (χ0n) is 14.0. The number of thiazole rings is 1. The van der Waals surface area contributed by atoms with Gasteiger partial charge >= 0.3 is 0 Å². The molecule has 0 radical (unpaired) electrons. The number of rotatable bonds is 2. The van der Waals surface area contributed by atoms with Crippen molar-refractivity contribution in [3.05, 3.63) is 39.5 Å². The van der Waals surface area contributed by atoms with Gasteiger partial charge in [0.15, 0.2) is 0 Å². The molecule has 1 aliphatic heterocycles. The highest BCUT2D eigenvalue weighted by molar-refractivity contribution is 7.07. The fraction of sp³-hybridized carbons (Fsp3) is 0.412. The maximum absolute atomic E-state index is 12.5. The Morgan fingerprint density at radius 3 is 2.83 bits per heavy atom. The Morgan fingerprint density at radius 1 is 1.42 bits per heavy atom. The molecular weight excluding hydrogens is 322 g/mol. The molecule has 0 unspecified atom stereocenters. The van der Waals surface area contributed by atoms with Crippen LogP contribution in [0.1, 0.15) is 34.2 Å². The molecule has 1 fully saturated rings. The second-order valence-electron chi connectivity index (χ2n) is 6.06. The summed E-state index contributed by atoms with van der Waals surface area (Å²) < 4.78 is 0. The molecule has 1 atom stereocenters. The number of carbonyl (C=O) groups is 1. The van der Waals surface area contributed by atoms with Crippen LogP contribution in [0.5, 0.6) is 0 Å². The Balaban J connectivity index is 1.82. The fourth-order valence-electron chi connectivity index (χ4n) is 3.10. The number of aromatic nitrogens is 2. The van der Waals surface area contributed by atoms with Crippen LogP contribution in [0, 0.1) is 25.2 Å². The maximum atomic E-state index is 12.5. The topological polar surface area (TPSA) is 73.1 Å². The molecule has 124 valence electrons. The zero-order valence-corrected chi connectivity index (χ0v) is 14.8. The van der Waals surface area contributed by atoms with Crippen LogP contribution < -0.4 is 4.90 Å². The highest BCUT2D eigenvalue weighted by atomic mass is 32.1. The molecule has 3 heterocycles. The van der Waals surface area contributed by atoms with Crippen LogP contribution in [-0.4, -0.2) is 46.5 Å². The first kappa shape index (κ1) is 16.4. The van der Waals surface area contributed by atoms with Crippen molar-refractivity contribution < 1.29 is 4.79 Å². The lowest BCUT2D eigenvalue weighted by Crippen LogP contribution is -2.54. The molecule has 6 nitrogen and oxygen atoms in total. The van der Waals surface area contributed by atoms with E-state index in [2.05, 4.69) is 20.9 Å². The van der Waals surface area contributed by atoms with Crippen molar-refractivity contribution in [1.29, 1.82) is 5.26 Å². The minimum absolute atomic E-state index is 0.0297. The SMILES string of the molecule is Cc1cc(C)c(C#N)c(N2CCN(C(=O)c3cscn3)[C@@H](C)C2)n1. The summed E-state index contributed by atoms with van der Waals surface area (Å²) in [6.07, 6.45) is 0. The molecule has 0 aliphatic carbocycles. The molecular formula is C17H19N5OS. The summed E-state index contributed by atoms with van der Waals surface area (Å²) in [5, 5.41) is 11.2.